The third kappa shape index (κ3) is 6.96. The fourth-order valence-electron chi connectivity index (χ4n) is 4.78. The van der Waals surface area contributed by atoms with Crippen LogP contribution < -0.4 is 25.8 Å². The third-order valence-corrected chi connectivity index (χ3v) is 6.42. The van der Waals surface area contributed by atoms with E-state index in [0.29, 0.717) is 35.8 Å². The van der Waals surface area contributed by atoms with Crippen LogP contribution in [-0.4, -0.2) is 55.3 Å². The van der Waals surface area contributed by atoms with Gasteiger partial charge in [-0.2, -0.15) is 0 Å². The van der Waals surface area contributed by atoms with Crippen molar-refractivity contribution in [3.05, 3.63) is 71.0 Å². The molecule has 9 heteroatoms. The fourth-order valence-corrected chi connectivity index (χ4v) is 4.78. The average Bonchev–Trinajstić information content (AvgIpc) is 2.87. The maximum absolute atomic E-state index is 12.1. The Bertz CT molecular complexity index is 1210. The van der Waals surface area contributed by atoms with Crippen LogP contribution in [-0.2, 0) is 17.7 Å². The lowest BCUT2D eigenvalue weighted by Gasteiger charge is -2.38. The number of rotatable bonds is 9. The van der Waals surface area contributed by atoms with E-state index in [1.54, 1.807) is 13.2 Å². The molecule has 0 saturated carbocycles. The van der Waals surface area contributed by atoms with E-state index in [-0.39, 0.29) is 5.91 Å². The highest BCUT2D eigenvalue weighted by Crippen LogP contribution is 2.26. The first-order valence-electron chi connectivity index (χ1n) is 12.6. The molecule has 2 heterocycles. The van der Waals surface area contributed by atoms with Crippen LogP contribution in [0.25, 0.3) is 0 Å². The Labute approximate surface area is 218 Å². The lowest BCUT2D eigenvalue weighted by Crippen LogP contribution is -2.54. The Morgan fingerprint density at radius 3 is 2.38 bits per heavy atom. The molecule has 3 aromatic rings. The number of hydrogen-bond acceptors (Lipinski definition) is 8. The molecule has 9 nitrogen and oxygen atoms in total. The summed E-state index contributed by atoms with van der Waals surface area (Å²) in [7, 11) is 2.99. The molecule has 1 saturated heterocycles. The summed E-state index contributed by atoms with van der Waals surface area (Å²) < 4.78 is 5.35. The van der Waals surface area contributed by atoms with E-state index in [9.17, 15) is 4.79 Å². The minimum absolute atomic E-state index is 0.318. The second kappa shape index (κ2) is 12.0. The van der Waals surface area contributed by atoms with E-state index in [1.165, 1.54) is 18.4 Å². The SMILES string of the molecule is CONC(=O)c1cc(CCc2cnc(Nc3ccc(N4C[C@@H](C)N[C@@H](C)C4)c(C)c3)nc2)cc(OC)c1. The summed E-state index contributed by atoms with van der Waals surface area (Å²) in [5.41, 5.74) is 8.25. The van der Waals surface area contributed by atoms with Crippen molar-refractivity contribution in [2.45, 2.75) is 45.7 Å². The molecular formula is C28H36N6O3. The van der Waals surface area contributed by atoms with Gasteiger partial charge in [0.1, 0.15) is 5.75 Å². The Balaban J connectivity index is 1.37. The summed E-state index contributed by atoms with van der Waals surface area (Å²) >= 11 is 0. The zero-order chi connectivity index (χ0) is 26.4. The van der Waals surface area contributed by atoms with Crippen molar-refractivity contribution in [2.75, 3.05) is 37.5 Å². The van der Waals surface area contributed by atoms with Crippen molar-refractivity contribution in [1.29, 1.82) is 0 Å². The summed E-state index contributed by atoms with van der Waals surface area (Å²) in [6.07, 6.45) is 5.11. The summed E-state index contributed by atoms with van der Waals surface area (Å²) in [4.78, 5) is 28.3. The van der Waals surface area contributed by atoms with Crippen LogP contribution in [0.15, 0.2) is 48.8 Å². The highest BCUT2D eigenvalue weighted by atomic mass is 16.6. The summed E-state index contributed by atoms with van der Waals surface area (Å²) in [6.45, 7) is 8.60. The fraction of sp³-hybridized carbons (Fsp3) is 0.393. The van der Waals surface area contributed by atoms with Gasteiger partial charge in [0.15, 0.2) is 0 Å². The lowest BCUT2D eigenvalue weighted by atomic mass is 10.0. The van der Waals surface area contributed by atoms with Crippen LogP contribution >= 0.6 is 0 Å². The van der Waals surface area contributed by atoms with Gasteiger partial charge in [-0.05, 0) is 86.7 Å². The highest BCUT2D eigenvalue weighted by Gasteiger charge is 2.22. The van der Waals surface area contributed by atoms with Gasteiger partial charge in [-0.1, -0.05) is 0 Å². The first-order valence-corrected chi connectivity index (χ1v) is 12.6. The quantitative estimate of drug-likeness (QED) is 0.379. The van der Waals surface area contributed by atoms with Gasteiger partial charge in [-0.3, -0.25) is 9.63 Å². The van der Waals surface area contributed by atoms with Crippen molar-refractivity contribution in [1.82, 2.24) is 20.8 Å². The van der Waals surface area contributed by atoms with Crippen LogP contribution in [0.5, 0.6) is 5.75 Å². The van der Waals surface area contributed by atoms with E-state index in [2.05, 4.69) is 70.0 Å². The van der Waals surface area contributed by atoms with Gasteiger partial charge in [-0.25, -0.2) is 15.4 Å². The molecule has 0 aliphatic carbocycles. The number of ether oxygens (including phenoxy) is 1. The predicted octanol–water partition coefficient (Wildman–Crippen LogP) is 3.80. The normalized spacial score (nSPS) is 17.4. The van der Waals surface area contributed by atoms with Crippen molar-refractivity contribution >= 4 is 23.2 Å². The number of carbonyl (C=O) groups excluding carboxylic acids is 1. The zero-order valence-electron chi connectivity index (χ0n) is 22.2. The summed E-state index contributed by atoms with van der Waals surface area (Å²) in [5, 5.41) is 6.90. The highest BCUT2D eigenvalue weighted by molar-refractivity contribution is 5.94. The van der Waals surface area contributed by atoms with Crippen LogP contribution in [0, 0.1) is 6.92 Å². The molecule has 37 heavy (non-hydrogen) atoms. The summed E-state index contributed by atoms with van der Waals surface area (Å²) in [5.74, 6) is 0.860. The standard InChI is InChI=1S/C28H36N6O3/c1-18-10-24(8-9-26(18)34-16-19(2)31-20(3)17-34)32-28-29-14-22(15-30-28)7-6-21-11-23(27(35)33-37-5)13-25(12-21)36-4/h8-15,19-20,31H,6-7,16-17H2,1-5H3,(H,33,35)(H,29,30,32)/t19-,20+. The van der Waals surface area contributed by atoms with Crippen molar-refractivity contribution in [3.8, 4) is 5.75 Å². The van der Waals surface area contributed by atoms with E-state index < -0.39 is 0 Å². The summed E-state index contributed by atoms with van der Waals surface area (Å²) in [6, 6.07) is 12.8. The molecule has 1 aliphatic rings. The number of methoxy groups -OCH3 is 1. The van der Waals surface area contributed by atoms with Crippen molar-refractivity contribution < 1.29 is 14.4 Å². The maximum atomic E-state index is 12.1. The van der Waals surface area contributed by atoms with Gasteiger partial charge >= 0.3 is 0 Å². The van der Waals surface area contributed by atoms with Crippen molar-refractivity contribution in [3.63, 3.8) is 0 Å². The number of amides is 1. The molecule has 1 fully saturated rings. The second-order valence-corrected chi connectivity index (χ2v) is 9.62. The molecule has 196 valence electrons. The predicted molar refractivity (Wildman–Crippen MR) is 146 cm³/mol. The molecule has 2 aromatic carbocycles. The van der Waals surface area contributed by atoms with Gasteiger partial charge in [0, 0.05) is 54.5 Å². The molecule has 4 rings (SSSR count). The number of carbonyl (C=O) groups is 1. The van der Waals surface area contributed by atoms with Gasteiger partial charge in [0.05, 0.1) is 14.2 Å². The van der Waals surface area contributed by atoms with Gasteiger partial charge in [-0.15, -0.1) is 0 Å². The van der Waals surface area contributed by atoms with E-state index in [4.69, 9.17) is 9.57 Å². The Morgan fingerprint density at radius 2 is 1.73 bits per heavy atom. The molecule has 0 unspecified atom stereocenters. The number of piperazine rings is 1. The zero-order valence-corrected chi connectivity index (χ0v) is 22.2. The maximum Gasteiger partial charge on any atom is 0.274 e. The second-order valence-electron chi connectivity index (χ2n) is 9.62. The molecule has 0 spiro atoms. The Kier molecular flexibility index (Phi) is 8.58. The van der Waals surface area contributed by atoms with Gasteiger partial charge in [0.25, 0.3) is 5.91 Å². The minimum atomic E-state index is -0.318. The molecule has 3 N–H and O–H groups in total. The van der Waals surface area contributed by atoms with Gasteiger partial charge < -0.3 is 20.3 Å². The number of nitrogens with zero attached hydrogens (tertiary/aromatic N) is 3. The number of hydrogen-bond donors (Lipinski definition) is 3. The van der Waals surface area contributed by atoms with Crippen LogP contribution in [0.1, 0.15) is 40.9 Å². The molecule has 0 bridgehead atoms. The first kappa shape index (κ1) is 26.4. The van der Waals surface area contributed by atoms with E-state index in [1.807, 2.05) is 24.5 Å². The van der Waals surface area contributed by atoms with E-state index >= 15 is 0 Å². The van der Waals surface area contributed by atoms with Crippen LogP contribution in [0.2, 0.25) is 0 Å². The molecule has 1 amide bonds. The van der Waals surface area contributed by atoms with E-state index in [0.717, 1.165) is 36.3 Å². The van der Waals surface area contributed by atoms with Crippen molar-refractivity contribution in [2.24, 2.45) is 0 Å². The monoisotopic (exact) mass is 504 g/mol. The first-order chi connectivity index (χ1) is 17.8. The molecule has 1 aliphatic heterocycles. The Morgan fingerprint density at radius 1 is 1.03 bits per heavy atom. The molecule has 2 atom stereocenters. The number of aryl methyl sites for hydroxylation is 3. The number of anilines is 3. The lowest BCUT2D eigenvalue weighted by molar-refractivity contribution is 0.0537. The third-order valence-electron chi connectivity index (χ3n) is 6.42. The Hall–Kier alpha value is -3.69. The molecule has 1 aromatic heterocycles. The minimum Gasteiger partial charge on any atom is -0.497 e. The average molecular weight is 505 g/mol. The van der Waals surface area contributed by atoms with Gasteiger partial charge in [0.2, 0.25) is 5.95 Å². The molecular weight excluding hydrogens is 468 g/mol. The largest absolute Gasteiger partial charge is 0.497 e. The smallest absolute Gasteiger partial charge is 0.274 e. The number of benzene rings is 2. The number of aromatic nitrogens is 2. The molecule has 0 radical (unpaired) electrons. The number of hydroxylamine groups is 1. The van der Waals surface area contributed by atoms with Crippen LogP contribution in [0.4, 0.5) is 17.3 Å². The topological polar surface area (TPSA) is 101 Å². The van der Waals surface area contributed by atoms with Crippen LogP contribution in [0.3, 0.4) is 0 Å². The number of nitrogens with one attached hydrogen (secondary N) is 3.